The first-order valence-electron chi connectivity index (χ1n) is 13.8. The third-order valence-corrected chi connectivity index (χ3v) is 7.72. The lowest BCUT2D eigenvalue weighted by molar-refractivity contribution is 0.414. The van der Waals surface area contributed by atoms with Gasteiger partial charge in [0.05, 0.1) is 36.6 Å². The smallest absolute Gasteiger partial charge is 0.331 e. The number of nitrogens with one attached hydrogen (secondary N) is 3. The zero-order chi connectivity index (χ0) is 27.8. The summed E-state index contributed by atoms with van der Waals surface area (Å²) in [6, 6.07) is 24.1. The van der Waals surface area contributed by atoms with Gasteiger partial charge in [-0.05, 0) is 73.4 Å². The van der Waals surface area contributed by atoms with Crippen molar-refractivity contribution >= 4 is 34.0 Å². The highest BCUT2D eigenvalue weighted by molar-refractivity contribution is 5.77. The Morgan fingerprint density at radius 3 is 2.59 bits per heavy atom. The first-order chi connectivity index (χ1) is 20.1. The number of pyridine rings is 2. The van der Waals surface area contributed by atoms with Crippen LogP contribution in [0.5, 0.6) is 5.75 Å². The standard InChI is InChI=1S/C31H30N8O2/c1-41-24-13-8-20(9-14-24)19-38-29-26(6-4-16-32-29)36-30(38)35-22-11-10-21(17-22)34-28-15-12-23(18-33-28)39-27-7-3-2-5-25(27)37-31(39)40/h2-9,12-16,18,21-22H,10-11,17,19H2,1H3,(H,33,34)(H,35,36)(H,37,40)/t21-,22-/m0/s1. The van der Waals surface area contributed by atoms with E-state index < -0.39 is 0 Å². The van der Waals surface area contributed by atoms with E-state index in [-0.39, 0.29) is 17.8 Å². The van der Waals surface area contributed by atoms with Gasteiger partial charge in [0.1, 0.15) is 17.1 Å². The molecule has 10 nitrogen and oxygen atoms in total. The van der Waals surface area contributed by atoms with Gasteiger partial charge in [0.2, 0.25) is 5.95 Å². The summed E-state index contributed by atoms with van der Waals surface area (Å²) < 4.78 is 9.10. The summed E-state index contributed by atoms with van der Waals surface area (Å²) in [6.45, 7) is 0.657. The molecule has 1 aliphatic rings. The molecule has 0 bridgehead atoms. The van der Waals surface area contributed by atoms with Gasteiger partial charge in [0.15, 0.2) is 5.65 Å². The number of imidazole rings is 2. The quantitative estimate of drug-likeness (QED) is 0.247. The van der Waals surface area contributed by atoms with Gasteiger partial charge in [-0.2, -0.15) is 0 Å². The SMILES string of the molecule is COc1ccc(Cn2c(N[C@H]3CC[C@H](Nc4ccc(-n5c(=O)[nH]c6ccccc65)cn4)C3)nc3cccnc32)cc1. The van der Waals surface area contributed by atoms with Crippen LogP contribution in [0.4, 0.5) is 11.8 Å². The van der Waals surface area contributed by atoms with Gasteiger partial charge < -0.3 is 20.4 Å². The van der Waals surface area contributed by atoms with Crippen molar-refractivity contribution in [2.75, 3.05) is 17.7 Å². The molecule has 0 spiro atoms. The van der Waals surface area contributed by atoms with E-state index in [0.717, 1.165) is 70.2 Å². The molecular formula is C31H30N8O2. The summed E-state index contributed by atoms with van der Waals surface area (Å²) >= 11 is 0. The molecule has 7 rings (SSSR count). The summed E-state index contributed by atoms with van der Waals surface area (Å²) in [5, 5.41) is 7.27. The molecule has 0 aliphatic heterocycles. The average molecular weight is 547 g/mol. The monoisotopic (exact) mass is 546 g/mol. The summed E-state index contributed by atoms with van der Waals surface area (Å²) in [5.74, 6) is 2.45. The number of rotatable bonds is 8. The van der Waals surface area contributed by atoms with E-state index in [1.807, 2.05) is 60.7 Å². The van der Waals surface area contributed by atoms with Crippen molar-refractivity contribution in [3.05, 3.63) is 101 Å². The normalized spacial score (nSPS) is 16.8. The van der Waals surface area contributed by atoms with Gasteiger partial charge in [0.25, 0.3) is 0 Å². The number of aromatic amines is 1. The van der Waals surface area contributed by atoms with Crippen molar-refractivity contribution < 1.29 is 4.74 Å². The summed E-state index contributed by atoms with van der Waals surface area (Å²) in [4.78, 5) is 29.5. The number of hydrogen-bond donors (Lipinski definition) is 3. The van der Waals surface area contributed by atoms with Crippen molar-refractivity contribution in [1.29, 1.82) is 0 Å². The van der Waals surface area contributed by atoms with Crippen molar-refractivity contribution in [3.8, 4) is 11.4 Å². The number of benzene rings is 2. The van der Waals surface area contributed by atoms with Crippen LogP contribution in [0, 0.1) is 0 Å². The van der Waals surface area contributed by atoms with Crippen LogP contribution in [0.25, 0.3) is 27.9 Å². The lowest BCUT2D eigenvalue weighted by atomic mass is 10.2. The fraction of sp³-hybridized carbons (Fsp3) is 0.226. The predicted molar refractivity (Wildman–Crippen MR) is 160 cm³/mol. The van der Waals surface area contributed by atoms with Crippen molar-refractivity contribution in [2.24, 2.45) is 0 Å². The number of aromatic nitrogens is 6. The summed E-state index contributed by atoms with van der Waals surface area (Å²) in [5.41, 5.74) is 5.07. The molecule has 0 unspecified atom stereocenters. The fourth-order valence-corrected chi connectivity index (χ4v) is 5.68. The van der Waals surface area contributed by atoms with Gasteiger partial charge in [-0.1, -0.05) is 24.3 Å². The second-order valence-corrected chi connectivity index (χ2v) is 10.4. The lowest BCUT2D eigenvalue weighted by Gasteiger charge is -2.17. The number of H-pyrrole nitrogens is 1. The first-order valence-corrected chi connectivity index (χ1v) is 13.8. The van der Waals surface area contributed by atoms with Gasteiger partial charge in [-0.25, -0.2) is 19.7 Å². The lowest BCUT2D eigenvalue weighted by Crippen LogP contribution is -2.23. The van der Waals surface area contributed by atoms with Crippen LogP contribution in [-0.2, 0) is 6.54 Å². The van der Waals surface area contributed by atoms with E-state index >= 15 is 0 Å². The molecule has 206 valence electrons. The third kappa shape index (κ3) is 4.88. The molecule has 4 aromatic heterocycles. The topological polar surface area (TPSA) is 115 Å². The Kier molecular flexibility index (Phi) is 6.35. The zero-order valence-electron chi connectivity index (χ0n) is 22.6. The van der Waals surface area contributed by atoms with Crippen molar-refractivity contribution in [3.63, 3.8) is 0 Å². The Morgan fingerprint density at radius 1 is 0.951 bits per heavy atom. The number of fused-ring (bicyclic) bond motifs is 2. The largest absolute Gasteiger partial charge is 0.497 e. The van der Waals surface area contributed by atoms with E-state index in [4.69, 9.17) is 9.72 Å². The Labute approximate surface area is 236 Å². The number of methoxy groups -OCH3 is 1. The number of hydrogen-bond acceptors (Lipinski definition) is 7. The fourth-order valence-electron chi connectivity index (χ4n) is 5.68. The van der Waals surface area contributed by atoms with Crippen LogP contribution in [0.3, 0.4) is 0 Å². The molecule has 2 aromatic carbocycles. The molecule has 6 aromatic rings. The van der Waals surface area contributed by atoms with Crippen molar-refractivity contribution in [2.45, 2.75) is 37.9 Å². The maximum Gasteiger partial charge on any atom is 0.331 e. The molecule has 1 saturated carbocycles. The van der Waals surface area contributed by atoms with Crippen molar-refractivity contribution in [1.82, 2.24) is 29.1 Å². The molecule has 4 heterocycles. The minimum absolute atomic E-state index is 0.174. The number of ether oxygens (including phenoxy) is 1. The van der Waals surface area contributed by atoms with Crippen LogP contribution in [0.15, 0.2) is 90.0 Å². The molecule has 1 aliphatic carbocycles. The van der Waals surface area contributed by atoms with E-state index in [0.29, 0.717) is 6.54 Å². The van der Waals surface area contributed by atoms with Crippen LogP contribution in [0.2, 0.25) is 0 Å². The predicted octanol–water partition coefficient (Wildman–Crippen LogP) is 4.96. The van der Waals surface area contributed by atoms with Gasteiger partial charge >= 0.3 is 5.69 Å². The highest BCUT2D eigenvalue weighted by Gasteiger charge is 2.26. The minimum atomic E-state index is -0.174. The van der Waals surface area contributed by atoms with Gasteiger partial charge in [-0.3, -0.25) is 9.13 Å². The number of nitrogens with zero attached hydrogens (tertiary/aromatic N) is 5. The Morgan fingerprint density at radius 2 is 1.78 bits per heavy atom. The second-order valence-electron chi connectivity index (χ2n) is 10.4. The zero-order valence-corrected chi connectivity index (χ0v) is 22.6. The molecule has 10 heteroatoms. The highest BCUT2D eigenvalue weighted by atomic mass is 16.5. The van der Waals surface area contributed by atoms with Crippen LogP contribution in [0.1, 0.15) is 24.8 Å². The maximum absolute atomic E-state index is 12.5. The van der Waals surface area contributed by atoms with Gasteiger partial charge in [-0.15, -0.1) is 0 Å². The molecule has 41 heavy (non-hydrogen) atoms. The van der Waals surface area contributed by atoms with Gasteiger partial charge in [0, 0.05) is 18.3 Å². The van der Waals surface area contributed by atoms with Crippen LogP contribution in [-0.4, -0.2) is 48.3 Å². The molecule has 1 fully saturated rings. The van der Waals surface area contributed by atoms with E-state index in [9.17, 15) is 4.79 Å². The molecule has 2 atom stereocenters. The average Bonchev–Trinajstić information content (AvgIpc) is 3.69. The maximum atomic E-state index is 12.5. The molecule has 0 saturated heterocycles. The van der Waals surface area contributed by atoms with E-state index in [1.165, 1.54) is 0 Å². The van der Waals surface area contributed by atoms with E-state index in [2.05, 4.69) is 42.3 Å². The Balaban J connectivity index is 1.04. The number of para-hydroxylation sites is 2. The summed E-state index contributed by atoms with van der Waals surface area (Å²) in [7, 11) is 1.67. The van der Waals surface area contributed by atoms with Crippen LogP contribution < -0.4 is 21.1 Å². The molecule has 0 amide bonds. The summed E-state index contributed by atoms with van der Waals surface area (Å²) in [6.07, 6.45) is 6.51. The minimum Gasteiger partial charge on any atom is -0.497 e. The molecule has 3 N–H and O–H groups in total. The third-order valence-electron chi connectivity index (χ3n) is 7.72. The second kappa shape index (κ2) is 10.5. The van der Waals surface area contributed by atoms with E-state index in [1.54, 1.807) is 24.1 Å². The Bertz CT molecular complexity index is 1870. The molecular weight excluding hydrogens is 516 g/mol. The van der Waals surface area contributed by atoms with Crippen LogP contribution >= 0.6 is 0 Å². The first kappa shape index (κ1) is 24.9. The molecule has 0 radical (unpaired) electrons. The Hall–Kier alpha value is -5.12. The number of anilines is 2. The highest BCUT2D eigenvalue weighted by Crippen LogP contribution is 2.28.